The Morgan fingerprint density at radius 3 is 2.48 bits per heavy atom. The van der Waals surface area contributed by atoms with Gasteiger partial charge in [0.1, 0.15) is 5.82 Å². The van der Waals surface area contributed by atoms with Gasteiger partial charge in [-0.15, -0.1) is 0 Å². The monoisotopic (exact) mass is 397 g/mol. The third-order valence-corrected chi connectivity index (χ3v) is 6.02. The van der Waals surface area contributed by atoms with Gasteiger partial charge in [0.2, 0.25) is 10.0 Å². The first-order valence-corrected chi connectivity index (χ1v) is 10.00. The Bertz CT molecular complexity index is 1010. The average Bonchev–Trinajstić information content (AvgIpc) is 2.95. The van der Waals surface area contributed by atoms with Crippen LogP contribution in [0.4, 0.5) is 0 Å². The second-order valence-corrected chi connectivity index (χ2v) is 8.18. The number of hydrogen-bond acceptors (Lipinski definition) is 3. The van der Waals surface area contributed by atoms with E-state index in [0.29, 0.717) is 22.4 Å². The van der Waals surface area contributed by atoms with Crippen molar-refractivity contribution in [2.75, 3.05) is 0 Å². The molecule has 132 valence electrons. The number of benzene rings is 2. The molecule has 0 unspecified atom stereocenters. The zero-order valence-corrected chi connectivity index (χ0v) is 16.0. The maximum atomic E-state index is 12.6. The summed E-state index contributed by atoms with van der Waals surface area (Å²) in [5, 5.41) is 1.07. The fourth-order valence-corrected chi connectivity index (χ4v) is 4.38. The number of nitrogens with one attached hydrogen (secondary N) is 1. The van der Waals surface area contributed by atoms with Crippen LogP contribution < -0.4 is 4.72 Å². The van der Waals surface area contributed by atoms with Crippen LogP contribution in [0.2, 0.25) is 10.0 Å². The molecule has 0 radical (unpaired) electrons. The highest BCUT2D eigenvalue weighted by Crippen LogP contribution is 2.27. The van der Waals surface area contributed by atoms with Gasteiger partial charge < -0.3 is 4.57 Å². The molecular weight excluding hydrogens is 381 g/mol. The Balaban J connectivity index is 1.98. The molecule has 1 N–H and O–H groups in total. The molecule has 3 rings (SSSR count). The van der Waals surface area contributed by atoms with E-state index in [1.165, 1.54) is 12.1 Å². The van der Waals surface area contributed by atoms with Gasteiger partial charge in [0, 0.05) is 11.6 Å². The van der Waals surface area contributed by atoms with Crippen LogP contribution in [-0.2, 0) is 16.6 Å². The number of aryl methyl sites for hydroxylation is 1. The van der Waals surface area contributed by atoms with E-state index in [4.69, 9.17) is 23.2 Å². The smallest absolute Gasteiger partial charge is 0.241 e. The van der Waals surface area contributed by atoms with Crippen LogP contribution in [-0.4, -0.2) is 18.0 Å². The third-order valence-electron chi connectivity index (χ3n) is 3.91. The van der Waals surface area contributed by atoms with Gasteiger partial charge in [-0.25, -0.2) is 18.1 Å². The van der Waals surface area contributed by atoms with E-state index in [0.717, 1.165) is 11.0 Å². The first-order valence-electron chi connectivity index (χ1n) is 7.76. The molecule has 0 saturated carbocycles. The number of para-hydroxylation sites is 1. The van der Waals surface area contributed by atoms with Crippen molar-refractivity contribution in [2.45, 2.75) is 31.3 Å². The molecule has 2 aromatic carbocycles. The summed E-state index contributed by atoms with van der Waals surface area (Å²) in [5.41, 5.74) is 1.54. The summed E-state index contributed by atoms with van der Waals surface area (Å²) in [6.07, 6.45) is 0. The number of halogens is 2. The second kappa shape index (κ2) is 6.96. The number of fused-ring (bicyclic) bond motifs is 1. The van der Waals surface area contributed by atoms with Crippen LogP contribution in [0.15, 0.2) is 47.4 Å². The zero-order valence-electron chi connectivity index (χ0n) is 13.7. The fraction of sp³-hybridized carbons (Fsp3) is 0.235. The SMILES string of the molecule is CCn1c([C@@H](C)NS(=O)(=O)c2ccc(Cl)cc2)nc2cccc(Cl)c21. The van der Waals surface area contributed by atoms with Gasteiger partial charge in [-0.2, -0.15) is 0 Å². The van der Waals surface area contributed by atoms with E-state index >= 15 is 0 Å². The lowest BCUT2D eigenvalue weighted by Crippen LogP contribution is -2.28. The molecule has 1 atom stereocenters. The molecule has 5 nitrogen and oxygen atoms in total. The van der Waals surface area contributed by atoms with Gasteiger partial charge in [0.15, 0.2) is 0 Å². The van der Waals surface area contributed by atoms with Crippen molar-refractivity contribution < 1.29 is 8.42 Å². The molecule has 0 aliphatic heterocycles. The highest BCUT2D eigenvalue weighted by atomic mass is 35.5. The van der Waals surface area contributed by atoms with E-state index in [9.17, 15) is 8.42 Å². The summed E-state index contributed by atoms with van der Waals surface area (Å²) in [7, 11) is -3.69. The van der Waals surface area contributed by atoms with Crippen molar-refractivity contribution in [1.82, 2.24) is 14.3 Å². The number of rotatable bonds is 5. The molecule has 1 heterocycles. The number of aromatic nitrogens is 2. The maximum Gasteiger partial charge on any atom is 0.241 e. The fourth-order valence-electron chi connectivity index (χ4n) is 2.78. The summed E-state index contributed by atoms with van der Waals surface area (Å²) >= 11 is 12.1. The lowest BCUT2D eigenvalue weighted by Gasteiger charge is -2.16. The summed E-state index contributed by atoms with van der Waals surface area (Å²) in [6, 6.07) is 11.0. The Labute approximate surface area is 156 Å². The van der Waals surface area contributed by atoms with Gasteiger partial charge in [0.05, 0.1) is 27.0 Å². The van der Waals surface area contributed by atoms with Crippen molar-refractivity contribution in [3.8, 4) is 0 Å². The highest BCUT2D eigenvalue weighted by Gasteiger charge is 2.23. The Morgan fingerprint density at radius 2 is 1.84 bits per heavy atom. The van der Waals surface area contributed by atoms with Crippen LogP contribution in [0.1, 0.15) is 25.7 Å². The van der Waals surface area contributed by atoms with Gasteiger partial charge in [-0.1, -0.05) is 29.3 Å². The average molecular weight is 398 g/mol. The first kappa shape index (κ1) is 18.2. The van der Waals surface area contributed by atoms with Gasteiger partial charge in [0.25, 0.3) is 0 Å². The van der Waals surface area contributed by atoms with Gasteiger partial charge in [-0.3, -0.25) is 0 Å². The van der Waals surface area contributed by atoms with Crippen LogP contribution >= 0.6 is 23.2 Å². The number of hydrogen-bond donors (Lipinski definition) is 1. The highest BCUT2D eigenvalue weighted by molar-refractivity contribution is 7.89. The predicted molar refractivity (Wildman–Crippen MR) is 101 cm³/mol. The third kappa shape index (κ3) is 3.53. The molecule has 0 saturated heterocycles. The molecule has 3 aromatic rings. The van der Waals surface area contributed by atoms with E-state index in [1.54, 1.807) is 25.1 Å². The van der Waals surface area contributed by atoms with Crippen molar-refractivity contribution in [1.29, 1.82) is 0 Å². The van der Waals surface area contributed by atoms with Crippen molar-refractivity contribution in [3.05, 3.63) is 58.3 Å². The van der Waals surface area contributed by atoms with Crippen molar-refractivity contribution in [3.63, 3.8) is 0 Å². The molecule has 0 aliphatic carbocycles. The Hall–Kier alpha value is -1.60. The van der Waals surface area contributed by atoms with Crippen LogP contribution in [0.25, 0.3) is 11.0 Å². The Kier molecular flexibility index (Phi) is 5.06. The number of imidazole rings is 1. The molecule has 1 aromatic heterocycles. The van der Waals surface area contributed by atoms with Crippen LogP contribution in [0.3, 0.4) is 0 Å². The predicted octanol–water partition coefficient (Wildman–Crippen LogP) is 4.40. The van der Waals surface area contributed by atoms with Crippen LogP contribution in [0.5, 0.6) is 0 Å². The molecule has 0 aliphatic rings. The van der Waals surface area contributed by atoms with Crippen molar-refractivity contribution >= 4 is 44.3 Å². The molecule has 8 heteroatoms. The maximum absolute atomic E-state index is 12.6. The second-order valence-electron chi connectivity index (χ2n) is 5.62. The van der Waals surface area contributed by atoms with Crippen LogP contribution in [0, 0.1) is 0 Å². The van der Waals surface area contributed by atoms with Gasteiger partial charge >= 0.3 is 0 Å². The molecule has 0 bridgehead atoms. The molecule has 0 amide bonds. The number of nitrogens with zero attached hydrogens (tertiary/aromatic N) is 2. The largest absolute Gasteiger partial charge is 0.326 e. The quantitative estimate of drug-likeness (QED) is 0.693. The standard InChI is InChI=1S/C17H17Cl2N3O2S/c1-3-22-16-14(19)5-4-6-15(16)20-17(22)11(2)21-25(23,24)13-9-7-12(18)8-10-13/h4-11,21H,3H2,1-2H3/t11-/m1/s1. The van der Waals surface area contributed by atoms with E-state index in [1.807, 2.05) is 23.6 Å². The Morgan fingerprint density at radius 1 is 1.16 bits per heavy atom. The lowest BCUT2D eigenvalue weighted by atomic mass is 10.3. The summed E-state index contributed by atoms with van der Waals surface area (Å²) in [5.74, 6) is 0.614. The van der Waals surface area contributed by atoms with Crippen molar-refractivity contribution in [2.24, 2.45) is 0 Å². The normalized spacial score (nSPS) is 13.3. The zero-order chi connectivity index (χ0) is 18.2. The minimum atomic E-state index is -3.69. The molecular formula is C17H17Cl2N3O2S. The van der Waals surface area contributed by atoms with E-state index in [2.05, 4.69) is 9.71 Å². The lowest BCUT2D eigenvalue weighted by molar-refractivity contribution is 0.549. The molecule has 25 heavy (non-hydrogen) atoms. The summed E-state index contributed by atoms with van der Waals surface area (Å²) in [4.78, 5) is 4.72. The van der Waals surface area contributed by atoms with E-state index < -0.39 is 16.1 Å². The van der Waals surface area contributed by atoms with E-state index in [-0.39, 0.29) is 4.90 Å². The molecule has 0 fully saturated rings. The van der Waals surface area contributed by atoms with Gasteiger partial charge in [-0.05, 0) is 50.2 Å². The summed E-state index contributed by atoms with van der Waals surface area (Å²) in [6.45, 7) is 4.35. The molecule has 0 spiro atoms. The number of sulfonamides is 1. The minimum Gasteiger partial charge on any atom is -0.326 e. The minimum absolute atomic E-state index is 0.154. The first-order chi connectivity index (χ1) is 11.8. The topological polar surface area (TPSA) is 64.0 Å². The summed E-state index contributed by atoms with van der Waals surface area (Å²) < 4.78 is 29.8.